The summed E-state index contributed by atoms with van der Waals surface area (Å²) in [6.45, 7) is 13.1. The number of hydrogen-bond donors (Lipinski definition) is 3. The highest BCUT2D eigenvalue weighted by Gasteiger charge is 2.20. The van der Waals surface area contributed by atoms with E-state index in [4.69, 9.17) is 0 Å². The number of aliphatic imine (C=N–C) groups is 1. The van der Waals surface area contributed by atoms with Gasteiger partial charge < -0.3 is 15.7 Å². The molecule has 0 aromatic heterocycles. The zero-order chi connectivity index (χ0) is 21.3. The fourth-order valence-corrected chi connectivity index (χ4v) is 4.29. The summed E-state index contributed by atoms with van der Waals surface area (Å²) in [4.78, 5) is 9.31. The average molecular weight is 542 g/mol. The maximum atomic E-state index is 9.65. The van der Waals surface area contributed by atoms with Crippen molar-refractivity contribution in [3.05, 3.63) is 47.5 Å². The Hall–Kier alpha value is -1.16. The number of aliphatic hydroxyl groups is 1. The van der Waals surface area contributed by atoms with Crippen molar-refractivity contribution < 1.29 is 5.11 Å². The highest BCUT2D eigenvalue weighted by Crippen LogP contribution is 2.15. The molecular weight excluding hydrogens is 501 g/mol. The number of aliphatic hydroxyl groups excluding tert-OH is 1. The maximum absolute atomic E-state index is 9.65. The minimum Gasteiger partial charge on any atom is -0.393 e. The minimum atomic E-state index is -0.110. The van der Waals surface area contributed by atoms with E-state index in [-0.39, 0.29) is 30.1 Å². The van der Waals surface area contributed by atoms with E-state index in [2.05, 4.69) is 63.2 Å². The second-order valence-corrected chi connectivity index (χ2v) is 8.90. The van der Waals surface area contributed by atoms with Crippen LogP contribution in [0.5, 0.6) is 0 Å². The zero-order valence-corrected chi connectivity index (χ0v) is 21.5. The molecule has 2 aliphatic heterocycles. The molecule has 0 saturated carbocycles. The molecule has 0 atom stereocenters. The molecule has 1 aromatic carbocycles. The number of halogens is 1. The number of hydrogen-bond acceptors (Lipinski definition) is 4. The molecule has 2 heterocycles. The van der Waals surface area contributed by atoms with E-state index in [9.17, 15) is 5.11 Å². The van der Waals surface area contributed by atoms with Crippen LogP contribution in [0.15, 0.2) is 41.4 Å². The number of benzene rings is 1. The lowest BCUT2D eigenvalue weighted by Crippen LogP contribution is -2.48. The number of nitrogens with zero attached hydrogens (tertiary/aromatic N) is 3. The van der Waals surface area contributed by atoms with Crippen LogP contribution in [-0.2, 0) is 13.1 Å². The van der Waals surface area contributed by atoms with Crippen molar-refractivity contribution in [2.24, 2.45) is 4.99 Å². The molecule has 0 unspecified atom stereocenters. The summed E-state index contributed by atoms with van der Waals surface area (Å²) in [6.07, 6.45) is 3.94. The van der Waals surface area contributed by atoms with Crippen molar-refractivity contribution in [3.8, 4) is 0 Å². The summed E-state index contributed by atoms with van der Waals surface area (Å²) in [6, 6.07) is 9.31. The topological polar surface area (TPSA) is 63.1 Å². The van der Waals surface area contributed by atoms with Crippen LogP contribution >= 0.6 is 24.0 Å². The number of nitrogens with one attached hydrogen (secondary N) is 2. The summed E-state index contributed by atoms with van der Waals surface area (Å²) in [5.74, 6) is 0.879. The molecule has 0 amide bonds. The van der Waals surface area contributed by atoms with Crippen molar-refractivity contribution >= 4 is 29.9 Å². The number of guanidine groups is 1. The summed E-state index contributed by atoms with van der Waals surface area (Å²) < 4.78 is 0. The van der Waals surface area contributed by atoms with Gasteiger partial charge in [-0.25, -0.2) is 0 Å². The average Bonchev–Trinajstić information content (AvgIpc) is 2.74. The van der Waals surface area contributed by atoms with E-state index < -0.39 is 0 Å². The molecule has 3 N–H and O–H groups in total. The van der Waals surface area contributed by atoms with Gasteiger partial charge in [0.1, 0.15) is 0 Å². The monoisotopic (exact) mass is 541 g/mol. The largest absolute Gasteiger partial charge is 0.393 e. The molecule has 0 aliphatic carbocycles. The first-order valence-corrected chi connectivity index (χ1v) is 11.3. The molecule has 2 aliphatic rings. The summed E-state index contributed by atoms with van der Waals surface area (Å²) in [7, 11) is 1.84. The minimum absolute atomic E-state index is 0. The van der Waals surface area contributed by atoms with Gasteiger partial charge in [-0.3, -0.25) is 14.8 Å². The summed E-state index contributed by atoms with van der Waals surface area (Å²) in [5.41, 5.74) is 3.82. The smallest absolute Gasteiger partial charge is 0.191 e. The van der Waals surface area contributed by atoms with E-state index in [0.717, 1.165) is 77.5 Å². The second-order valence-electron chi connectivity index (χ2n) is 8.90. The molecule has 31 heavy (non-hydrogen) atoms. The Kier molecular flexibility index (Phi) is 11.3. The first-order valence-electron chi connectivity index (χ1n) is 11.3. The zero-order valence-electron chi connectivity index (χ0n) is 19.1. The fraction of sp³-hybridized carbons (Fsp3) is 0.625. The second kappa shape index (κ2) is 13.4. The van der Waals surface area contributed by atoms with Gasteiger partial charge in [-0.1, -0.05) is 36.4 Å². The van der Waals surface area contributed by atoms with Crippen LogP contribution in [0.2, 0.25) is 0 Å². The van der Waals surface area contributed by atoms with Crippen LogP contribution in [0.25, 0.3) is 0 Å². The Morgan fingerprint density at radius 3 is 2.19 bits per heavy atom. The lowest BCUT2D eigenvalue weighted by atomic mass is 10.0. The van der Waals surface area contributed by atoms with Crippen molar-refractivity contribution in [1.29, 1.82) is 0 Å². The SMILES string of the molecule is C=C(C)CN1CCC(NC(=NC)NCc2ccc(CN3CCC(O)CC3)cc2)CC1.I. The lowest BCUT2D eigenvalue weighted by molar-refractivity contribution is 0.0792. The summed E-state index contributed by atoms with van der Waals surface area (Å²) >= 11 is 0. The van der Waals surface area contributed by atoms with Gasteiger partial charge in [0.05, 0.1) is 6.10 Å². The van der Waals surface area contributed by atoms with Gasteiger partial charge in [0.25, 0.3) is 0 Å². The van der Waals surface area contributed by atoms with Crippen molar-refractivity contribution in [1.82, 2.24) is 20.4 Å². The van der Waals surface area contributed by atoms with E-state index in [1.165, 1.54) is 16.7 Å². The van der Waals surface area contributed by atoms with Crippen molar-refractivity contribution in [2.75, 3.05) is 39.8 Å². The van der Waals surface area contributed by atoms with Gasteiger partial charge in [0, 0.05) is 58.9 Å². The highest BCUT2D eigenvalue weighted by molar-refractivity contribution is 14.0. The molecule has 3 rings (SSSR count). The standard InChI is InChI=1S/C24H39N5O.HI/c1-19(2)17-28-12-8-22(9-13-28)27-24(25-3)26-16-20-4-6-21(7-5-20)18-29-14-10-23(30)11-15-29;/h4-7,22-23,30H,1,8-18H2,2-3H3,(H2,25,26,27);1H. The molecule has 1 aromatic rings. The fourth-order valence-electron chi connectivity index (χ4n) is 4.29. The van der Waals surface area contributed by atoms with Gasteiger partial charge in [-0.05, 0) is 43.7 Å². The molecule has 0 spiro atoms. The Morgan fingerprint density at radius 1 is 1.03 bits per heavy atom. The predicted octanol–water partition coefficient (Wildman–Crippen LogP) is 2.97. The van der Waals surface area contributed by atoms with Crippen LogP contribution in [-0.4, -0.2) is 72.8 Å². The van der Waals surface area contributed by atoms with Crippen LogP contribution in [0.1, 0.15) is 43.7 Å². The quantitative estimate of drug-likeness (QED) is 0.215. The Labute approximate surface area is 205 Å². The molecule has 0 radical (unpaired) electrons. The first kappa shape index (κ1) is 26.1. The maximum Gasteiger partial charge on any atom is 0.191 e. The van der Waals surface area contributed by atoms with Crippen LogP contribution in [0, 0.1) is 0 Å². The van der Waals surface area contributed by atoms with Crippen molar-refractivity contribution in [3.63, 3.8) is 0 Å². The molecule has 174 valence electrons. The van der Waals surface area contributed by atoms with Crippen LogP contribution < -0.4 is 10.6 Å². The third-order valence-corrected chi connectivity index (χ3v) is 6.09. The highest BCUT2D eigenvalue weighted by atomic mass is 127. The third-order valence-electron chi connectivity index (χ3n) is 6.09. The van der Waals surface area contributed by atoms with Gasteiger partial charge in [-0.15, -0.1) is 24.0 Å². The number of rotatable bonds is 7. The van der Waals surface area contributed by atoms with Gasteiger partial charge in [-0.2, -0.15) is 0 Å². The Bertz CT molecular complexity index is 692. The molecule has 2 fully saturated rings. The van der Waals surface area contributed by atoms with Crippen LogP contribution in [0.4, 0.5) is 0 Å². The van der Waals surface area contributed by atoms with Gasteiger partial charge >= 0.3 is 0 Å². The molecule has 6 nitrogen and oxygen atoms in total. The number of likely N-dealkylation sites (tertiary alicyclic amines) is 2. The van der Waals surface area contributed by atoms with Gasteiger partial charge in [0.15, 0.2) is 5.96 Å². The molecule has 7 heteroatoms. The molecule has 0 bridgehead atoms. The molecule has 2 saturated heterocycles. The lowest BCUT2D eigenvalue weighted by Gasteiger charge is -2.33. The van der Waals surface area contributed by atoms with E-state index in [0.29, 0.717) is 6.04 Å². The van der Waals surface area contributed by atoms with E-state index in [1.807, 2.05) is 7.05 Å². The summed E-state index contributed by atoms with van der Waals surface area (Å²) in [5, 5.41) is 16.7. The number of piperidine rings is 2. The van der Waals surface area contributed by atoms with Gasteiger partial charge in [0.2, 0.25) is 0 Å². The normalized spacial score (nSPS) is 19.6. The van der Waals surface area contributed by atoms with Crippen molar-refractivity contribution in [2.45, 2.75) is 57.8 Å². The first-order chi connectivity index (χ1) is 14.5. The third kappa shape index (κ3) is 9.08. The Morgan fingerprint density at radius 2 is 1.61 bits per heavy atom. The van der Waals surface area contributed by atoms with E-state index in [1.54, 1.807) is 0 Å². The molecular formula is C24H40IN5O. The predicted molar refractivity (Wildman–Crippen MR) is 140 cm³/mol. The Balaban J connectivity index is 0.00000341. The van der Waals surface area contributed by atoms with E-state index >= 15 is 0 Å². The van der Waals surface area contributed by atoms with Crippen LogP contribution in [0.3, 0.4) is 0 Å².